The molecule has 4 atom stereocenters. The van der Waals surface area contributed by atoms with Crippen LogP contribution in [0.2, 0.25) is 0 Å². The fourth-order valence-electron chi connectivity index (χ4n) is 0.840. The van der Waals surface area contributed by atoms with E-state index in [1.807, 2.05) is 0 Å². The molecule has 0 fully saturated rings. The van der Waals surface area contributed by atoms with Gasteiger partial charge in [-0.3, -0.25) is 0 Å². The van der Waals surface area contributed by atoms with Crippen LogP contribution in [0.4, 0.5) is 0 Å². The van der Waals surface area contributed by atoms with E-state index in [0.717, 1.165) is 0 Å². The van der Waals surface area contributed by atoms with Crippen LogP contribution >= 0.6 is 0 Å². The minimum absolute atomic E-state index is 0.552. The molecule has 13 heavy (non-hydrogen) atoms. The summed E-state index contributed by atoms with van der Waals surface area (Å²) in [4.78, 5) is 0. The van der Waals surface area contributed by atoms with Crippen molar-refractivity contribution in [3.8, 4) is 0 Å². The molecule has 6 heteroatoms. The third-order valence-corrected chi connectivity index (χ3v) is 1.51. The molecule has 5 N–H and O–H groups in total. The van der Waals surface area contributed by atoms with Crippen LogP contribution in [0.15, 0.2) is 0 Å². The van der Waals surface area contributed by atoms with E-state index in [0.29, 0.717) is 0 Å². The number of ether oxygens (including phenoxy) is 1. The fourth-order valence-corrected chi connectivity index (χ4v) is 0.840. The zero-order valence-corrected chi connectivity index (χ0v) is 7.37. The Morgan fingerprint density at radius 3 is 1.92 bits per heavy atom. The Morgan fingerprint density at radius 1 is 1.08 bits per heavy atom. The molecular formula is C7H16O6. The van der Waals surface area contributed by atoms with Crippen LogP contribution in [0.5, 0.6) is 0 Å². The normalized spacial score (nSPS) is 20.8. The highest BCUT2D eigenvalue weighted by Gasteiger charge is 2.27. The Labute approximate surface area is 76.0 Å². The maximum Gasteiger partial charge on any atom is 0.152 e. The van der Waals surface area contributed by atoms with Gasteiger partial charge in [0.2, 0.25) is 0 Å². The Morgan fingerprint density at radius 2 is 1.62 bits per heavy atom. The van der Waals surface area contributed by atoms with Crippen LogP contribution in [-0.2, 0) is 4.74 Å². The summed E-state index contributed by atoms with van der Waals surface area (Å²) in [7, 11) is 0. The lowest BCUT2D eigenvalue weighted by Crippen LogP contribution is -2.44. The smallest absolute Gasteiger partial charge is 0.152 e. The average molecular weight is 196 g/mol. The lowest BCUT2D eigenvalue weighted by atomic mass is 10.1. The van der Waals surface area contributed by atoms with Crippen LogP contribution in [0.3, 0.4) is 0 Å². The lowest BCUT2D eigenvalue weighted by Gasteiger charge is -2.25. The summed E-state index contributed by atoms with van der Waals surface area (Å²) in [5.74, 6) is 0. The molecule has 0 saturated heterocycles. The lowest BCUT2D eigenvalue weighted by molar-refractivity contribution is -0.186. The van der Waals surface area contributed by atoms with Gasteiger partial charge in [-0.1, -0.05) is 0 Å². The maximum atomic E-state index is 9.22. The van der Waals surface area contributed by atoms with E-state index in [-0.39, 0.29) is 0 Å². The summed E-state index contributed by atoms with van der Waals surface area (Å²) in [5, 5.41) is 44.1. The number of aliphatic hydroxyl groups is 5. The molecule has 0 aliphatic heterocycles. The fraction of sp³-hybridized carbons (Fsp3) is 1.00. The van der Waals surface area contributed by atoms with Gasteiger partial charge < -0.3 is 30.3 Å². The second kappa shape index (κ2) is 6.25. The van der Waals surface area contributed by atoms with E-state index < -0.39 is 37.8 Å². The van der Waals surface area contributed by atoms with Gasteiger partial charge in [0.25, 0.3) is 0 Å². The Hall–Kier alpha value is -0.240. The Balaban J connectivity index is 4.05. The second-order valence-corrected chi connectivity index (χ2v) is 2.70. The SMILES string of the molecule is CC(O)OC(CO)[C@@H](O)[C@H](O)CO. The van der Waals surface area contributed by atoms with Gasteiger partial charge in [0.15, 0.2) is 6.29 Å². The molecule has 0 aliphatic rings. The van der Waals surface area contributed by atoms with Crippen molar-refractivity contribution in [3.63, 3.8) is 0 Å². The van der Waals surface area contributed by atoms with E-state index in [9.17, 15) is 5.11 Å². The summed E-state index contributed by atoms with van der Waals surface area (Å²) in [6.07, 6.45) is -5.08. The molecule has 80 valence electrons. The third kappa shape index (κ3) is 4.51. The van der Waals surface area contributed by atoms with Crippen molar-refractivity contribution in [2.45, 2.75) is 31.5 Å². The zero-order chi connectivity index (χ0) is 10.4. The molecular weight excluding hydrogens is 180 g/mol. The molecule has 0 amide bonds. The Kier molecular flexibility index (Phi) is 6.13. The van der Waals surface area contributed by atoms with Gasteiger partial charge in [-0.05, 0) is 6.92 Å². The predicted molar refractivity (Wildman–Crippen MR) is 42.7 cm³/mol. The standard InChI is InChI=1S/C7H16O6/c1-4(10)13-6(3-9)7(12)5(11)2-8/h4-12H,2-3H2,1H3/t4?,5-,6?,7+/m1/s1. The highest BCUT2D eigenvalue weighted by Crippen LogP contribution is 2.05. The van der Waals surface area contributed by atoms with Crippen molar-refractivity contribution in [2.75, 3.05) is 13.2 Å². The molecule has 0 aromatic rings. The zero-order valence-electron chi connectivity index (χ0n) is 7.37. The molecule has 0 rings (SSSR count). The number of rotatable bonds is 6. The van der Waals surface area contributed by atoms with Crippen molar-refractivity contribution < 1.29 is 30.3 Å². The summed E-state index contributed by atoms with van der Waals surface area (Å²) < 4.78 is 4.67. The van der Waals surface area contributed by atoms with E-state index >= 15 is 0 Å². The van der Waals surface area contributed by atoms with Crippen LogP contribution < -0.4 is 0 Å². The summed E-state index contributed by atoms with van der Waals surface area (Å²) in [5.41, 5.74) is 0. The topological polar surface area (TPSA) is 110 Å². The van der Waals surface area contributed by atoms with Gasteiger partial charge >= 0.3 is 0 Å². The van der Waals surface area contributed by atoms with Crippen molar-refractivity contribution in [3.05, 3.63) is 0 Å². The first-order valence-electron chi connectivity index (χ1n) is 3.94. The van der Waals surface area contributed by atoms with Crippen LogP contribution in [-0.4, -0.2) is 63.3 Å². The van der Waals surface area contributed by atoms with Gasteiger partial charge in [-0.25, -0.2) is 0 Å². The largest absolute Gasteiger partial charge is 0.394 e. The summed E-state index contributed by atoms with van der Waals surface area (Å²) in [6.45, 7) is 0.116. The molecule has 0 aromatic heterocycles. The van der Waals surface area contributed by atoms with Gasteiger partial charge in [-0.2, -0.15) is 0 Å². The van der Waals surface area contributed by atoms with Gasteiger partial charge in [0.1, 0.15) is 18.3 Å². The molecule has 0 aliphatic carbocycles. The number of hydrogen-bond acceptors (Lipinski definition) is 6. The van der Waals surface area contributed by atoms with E-state index in [4.69, 9.17) is 20.4 Å². The number of hydrogen-bond donors (Lipinski definition) is 5. The molecule has 2 unspecified atom stereocenters. The highest BCUT2D eigenvalue weighted by molar-refractivity contribution is 4.75. The van der Waals surface area contributed by atoms with Crippen LogP contribution in [0, 0.1) is 0 Å². The highest BCUT2D eigenvalue weighted by atomic mass is 16.6. The average Bonchev–Trinajstić information content (AvgIpc) is 2.11. The van der Waals surface area contributed by atoms with Gasteiger partial charge in [0, 0.05) is 0 Å². The first kappa shape index (κ1) is 12.8. The van der Waals surface area contributed by atoms with Crippen molar-refractivity contribution in [1.82, 2.24) is 0 Å². The van der Waals surface area contributed by atoms with E-state index in [1.54, 1.807) is 0 Å². The molecule has 0 heterocycles. The van der Waals surface area contributed by atoms with Crippen molar-refractivity contribution in [2.24, 2.45) is 0 Å². The monoisotopic (exact) mass is 196 g/mol. The second-order valence-electron chi connectivity index (χ2n) is 2.70. The van der Waals surface area contributed by atoms with Crippen molar-refractivity contribution in [1.29, 1.82) is 0 Å². The third-order valence-electron chi connectivity index (χ3n) is 1.51. The van der Waals surface area contributed by atoms with Crippen LogP contribution in [0.25, 0.3) is 0 Å². The predicted octanol–water partition coefficient (Wildman–Crippen LogP) is -2.58. The Bertz CT molecular complexity index is 128. The molecule has 0 aromatic carbocycles. The van der Waals surface area contributed by atoms with Crippen LogP contribution in [0.1, 0.15) is 6.92 Å². The van der Waals surface area contributed by atoms with E-state index in [2.05, 4.69) is 4.74 Å². The van der Waals surface area contributed by atoms with Crippen molar-refractivity contribution >= 4 is 0 Å². The first-order chi connectivity index (χ1) is 6.02. The molecule has 0 saturated carbocycles. The van der Waals surface area contributed by atoms with Gasteiger partial charge in [0.05, 0.1) is 13.2 Å². The minimum atomic E-state index is -1.43. The summed E-state index contributed by atoms with van der Waals surface area (Å²) >= 11 is 0. The molecule has 0 radical (unpaired) electrons. The number of aliphatic hydroxyl groups excluding tert-OH is 5. The first-order valence-corrected chi connectivity index (χ1v) is 3.94. The van der Waals surface area contributed by atoms with E-state index in [1.165, 1.54) is 6.92 Å². The maximum absolute atomic E-state index is 9.22. The minimum Gasteiger partial charge on any atom is -0.394 e. The molecule has 6 nitrogen and oxygen atoms in total. The summed E-state index contributed by atoms with van der Waals surface area (Å²) in [6, 6.07) is 0. The molecule has 0 bridgehead atoms. The quantitative estimate of drug-likeness (QED) is 0.298. The molecule has 0 spiro atoms. The van der Waals surface area contributed by atoms with Gasteiger partial charge in [-0.15, -0.1) is 0 Å².